The van der Waals surface area contributed by atoms with Crippen LogP contribution in [0.2, 0.25) is 0 Å². The van der Waals surface area contributed by atoms with Crippen LogP contribution in [0.1, 0.15) is 66.7 Å². The van der Waals surface area contributed by atoms with Crippen molar-refractivity contribution in [3.63, 3.8) is 0 Å². The third-order valence-electron chi connectivity index (χ3n) is 5.45. The first-order chi connectivity index (χ1) is 9.39. The smallest absolute Gasteiger partial charge is 0.0622 e. The zero-order valence-electron chi connectivity index (χ0n) is 14.7. The van der Waals surface area contributed by atoms with Gasteiger partial charge in [0.2, 0.25) is 0 Å². The Balaban J connectivity index is 2.56. The molecule has 1 rings (SSSR count). The Kier molecular flexibility index (Phi) is 7.53. The first-order valence-corrected chi connectivity index (χ1v) is 8.65. The lowest BCUT2D eigenvalue weighted by Gasteiger charge is -2.39. The molecule has 0 heterocycles. The van der Waals surface area contributed by atoms with Crippen molar-refractivity contribution in [3.8, 4) is 0 Å². The number of rotatable bonds is 8. The maximum atomic E-state index is 5.60. The fourth-order valence-corrected chi connectivity index (χ4v) is 3.56. The van der Waals surface area contributed by atoms with Crippen molar-refractivity contribution >= 4 is 0 Å². The molecule has 2 heteroatoms. The quantitative estimate of drug-likeness (QED) is 0.708. The van der Waals surface area contributed by atoms with Gasteiger partial charge in [0, 0.05) is 7.11 Å². The summed E-state index contributed by atoms with van der Waals surface area (Å²) in [6.07, 6.45) is 6.76. The number of hydrogen-bond donors (Lipinski definition) is 1. The molecule has 1 fully saturated rings. The summed E-state index contributed by atoms with van der Waals surface area (Å²) in [5.74, 6) is 3.53. The van der Waals surface area contributed by atoms with Gasteiger partial charge in [0.15, 0.2) is 0 Å². The summed E-state index contributed by atoms with van der Waals surface area (Å²) >= 11 is 0. The van der Waals surface area contributed by atoms with Crippen LogP contribution in [-0.4, -0.2) is 25.8 Å². The molecule has 3 unspecified atom stereocenters. The van der Waals surface area contributed by atoms with Gasteiger partial charge in [-0.05, 0) is 82.7 Å². The first kappa shape index (κ1) is 18.0. The van der Waals surface area contributed by atoms with Crippen LogP contribution in [0.4, 0.5) is 0 Å². The van der Waals surface area contributed by atoms with Crippen LogP contribution in [0.15, 0.2) is 0 Å². The van der Waals surface area contributed by atoms with Crippen LogP contribution < -0.4 is 5.32 Å². The van der Waals surface area contributed by atoms with Crippen molar-refractivity contribution in [2.45, 2.75) is 72.3 Å². The lowest BCUT2D eigenvalue weighted by molar-refractivity contribution is 0.00352. The van der Waals surface area contributed by atoms with Gasteiger partial charge in [-0.15, -0.1) is 0 Å². The number of nitrogens with one attached hydrogen (secondary N) is 1. The lowest BCUT2D eigenvalue weighted by Crippen LogP contribution is -2.35. The molecule has 0 bridgehead atoms. The van der Waals surface area contributed by atoms with Crippen LogP contribution in [-0.2, 0) is 4.74 Å². The molecule has 0 aliphatic heterocycles. The van der Waals surface area contributed by atoms with E-state index in [0.29, 0.717) is 0 Å². The van der Waals surface area contributed by atoms with Crippen molar-refractivity contribution in [1.82, 2.24) is 5.32 Å². The topological polar surface area (TPSA) is 21.3 Å². The van der Waals surface area contributed by atoms with Gasteiger partial charge in [0.05, 0.1) is 5.60 Å². The van der Waals surface area contributed by atoms with E-state index in [9.17, 15) is 0 Å². The highest BCUT2D eigenvalue weighted by molar-refractivity contribution is 4.84. The van der Waals surface area contributed by atoms with E-state index < -0.39 is 0 Å². The molecule has 120 valence electrons. The molecule has 1 N–H and O–H groups in total. The lowest BCUT2D eigenvalue weighted by atomic mass is 9.68. The van der Waals surface area contributed by atoms with Crippen LogP contribution in [0.3, 0.4) is 0 Å². The van der Waals surface area contributed by atoms with Gasteiger partial charge in [0.25, 0.3) is 0 Å². The molecule has 0 aromatic heterocycles. The number of methoxy groups -OCH3 is 1. The zero-order valence-corrected chi connectivity index (χ0v) is 14.7. The van der Waals surface area contributed by atoms with Crippen molar-refractivity contribution in [2.75, 3.05) is 20.2 Å². The summed E-state index contributed by atoms with van der Waals surface area (Å²) in [4.78, 5) is 0. The highest BCUT2D eigenvalue weighted by Crippen LogP contribution is 2.40. The maximum Gasteiger partial charge on any atom is 0.0622 e. The average Bonchev–Trinajstić information content (AvgIpc) is 2.43. The summed E-state index contributed by atoms with van der Waals surface area (Å²) in [6, 6.07) is 0. The minimum Gasteiger partial charge on any atom is -0.379 e. The van der Waals surface area contributed by atoms with E-state index in [0.717, 1.165) is 30.2 Å². The van der Waals surface area contributed by atoms with Gasteiger partial charge in [-0.3, -0.25) is 0 Å². The molecular formula is C18H37NO. The fraction of sp³-hybridized carbons (Fsp3) is 1.00. The monoisotopic (exact) mass is 283 g/mol. The third kappa shape index (κ3) is 5.73. The normalized spacial score (nSPS) is 28.1. The Hall–Kier alpha value is -0.0800. The van der Waals surface area contributed by atoms with Crippen LogP contribution in [0, 0.1) is 23.7 Å². The molecule has 2 nitrogen and oxygen atoms in total. The second-order valence-corrected chi connectivity index (χ2v) is 7.65. The summed E-state index contributed by atoms with van der Waals surface area (Å²) in [7, 11) is 1.84. The Morgan fingerprint density at radius 3 is 2.45 bits per heavy atom. The Morgan fingerprint density at radius 1 is 1.20 bits per heavy atom. The summed E-state index contributed by atoms with van der Waals surface area (Å²) in [5, 5.41) is 3.57. The van der Waals surface area contributed by atoms with Gasteiger partial charge in [-0.1, -0.05) is 20.8 Å². The molecule has 0 saturated heterocycles. The van der Waals surface area contributed by atoms with Crippen molar-refractivity contribution in [1.29, 1.82) is 0 Å². The Bertz CT molecular complexity index is 262. The summed E-state index contributed by atoms with van der Waals surface area (Å²) in [5.41, 5.74) is 0.0352. The highest BCUT2D eigenvalue weighted by Gasteiger charge is 2.32. The number of hydrogen-bond acceptors (Lipinski definition) is 2. The molecule has 0 amide bonds. The second-order valence-electron chi connectivity index (χ2n) is 7.65. The van der Waals surface area contributed by atoms with Gasteiger partial charge in [-0.2, -0.15) is 0 Å². The first-order valence-electron chi connectivity index (χ1n) is 8.65. The van der Waals surface area contributed by atoms with E-state index in [1.165, 1.54) is 38.6 Å². The van der Waals surface area contributed by atoms with Crippen LogP contribution in [0.25, 0.3) is 0 Å². The van der Waals surface area contributed by atoms with E-state index in [1.807, 2.05) is 7.11 Å². The van der Waals surface area contributed by atoms with Gasteiger partial charge in [-0.25, -0.2) is 0 Å². The van der Waals surface area contributed by atoms with Gasteiger partial charge in [0.1, 0.15) is 0 Å². The molecule has 0 aromatic carbocycles. The predicted octanol–water partition coefficient (Wildman–Crippen LogP) is 4.49. The average molecular weight is 283 g/mol. The molecule has 0 spiro atoms. The fourth-order valence-electron chi connectivity index (χ4n) is 3.56. The molecule has 0 radical (unpaired) electrons. The van der Waals surface area contributed by atoms with Gasteiger partial charge >= 0.3 is 0 Å². The molecular weight excluding hydrogens is 246 g/mol. The van der Waals surface area contributed by atoms with E-state index in [-0.39, 0.29) is 5.60 Å². The minimum atomic E-state index is 0.0352. The third-order valence-corrected chi connectivity index (χ3v) is 5.45. The SMILES string of the molecule is CCNCC1CCC(C(C)C)CC1CCC(C)(C)OC. The summed E-state index contributed by atoms with van der Waals surface area (Å²) in [6.45, 7) is 13.7. The molecule has 1 aliphatic rings. The van der Waals surface area contributed by atoms with E-state index in [1.54, 1.807) is 0 Å². The van der Waals surface area contributed by atoms with Crippen molar-refractivity contribution in [3.05, 3.63) is 0 Å². The van der Waals surface area contributed by atoms with Crippen LogP contribution >= 0.6 is 0 Å². The minimum absolute atomic E-state index is 0.0352. The van der Waals surface area contributed by atoms with Crippen LogP contribution in [0.5, 0.6) is 0 Å². The molecule has 1 saturated carbocycles. The largest absolute Gasteiger partial charge is 0.379 e. The highest BCUT2D eigenvalue weighted by atomic mass is 16.5. The molecule has 0 aromatic rings. The predicted molar refractivity (Wildman–Crippen MR) is 88.0 cm³/mol. The van der Waals surface area contributed by atoms with E-state index >= 15 is 0 Å². The Labute approximate surface area is 127 Å². The standard InChI is InChI=1S/C18H37NO/c1-7-19-13-17-9-8-15(14(2)3)12-16(17)10-11-18(4,5)20-6/h14-17,19H,7-13H2,1-6H3. The Morgan fingerprint density at radius 2 is 1.90 bits per heavy atom. The molecule has 3 atom stereocenters. The van der Waals surface area contributed by atoms with Crippen molar-refractivity contribution in [2.24, 2.45) is 23.7 Å². The zero-order chi connectivity index (χ0) is 15.2. The molecule has 20 heavy (non-hydrogen) atoms. The van der Waals surface area contributed by atoms with Crippen molar-refractivity contribution < 1.29 is 4.74 Å². The second kappa shape index (κ2) is 8.38. The van der Waals surface area contributed by atoms with E-state index in [4.69, 9.17) is 4.74 Å². The van der Waals surface area contributed by atoms with Gasteiger partial charge < -0.3 is 10.1 Å². The molecule has 1 aliphatic carbocycles. The maximum absolute atomic E-state index is 5.60. The number of ether oxygens (including phenoxy) is 1. The van der Waals surface area contributed by atoms with E-state index in [2.05, 4.69) is 39.9 Å². The summed E-state index contributed by atoms with van der Waals surface area (Å²) < 4.78 is 5.60.